The minimum absolute atomic E-state index is 0.0398. The SMILES string of the molecule is CCN1CN(C(=O)CCc2c[nH]c3ccccc23)CC1=O. The van der Waals surface area contributed by atoms with Gasteiger partial charge in [-0.2, -0.15) is 0 Å². The molecule has 0 atom stereocenters. The summed E-state index contributed by atoms with van der Waals surface area (Å²) in [6.45, 7) is 3.24. The molecule has 0 aliphatic carbocycles. The van der Waals surface area contributed by atoms with Crippen LogP contribution < -0.4 is 0 Å². The van der Waals surface area contributed by atoms with Gasteiger partial charge in [0.1, 0.15) is 6.54 Å². The van der Waals surface area contributed by atoms with Crippen LogP contribution in [0.2, 0.25) is 0 Å². The largest absolute Gasteiger partial charge is 0.361 e. The number of benzene rings is 1. The van der Waals surface area contributed by atoms with Gasteiger partial charge in [-0.1, -0.05) is 18.2 Å². The molecule has 0 radical (unpaired) electrons. The Morgan fingerprint density at radius 3 is 2.90 bits per heavy atom. The van der Waals surface area contributed by atoms with Crippen LogP contribution in [-0.2, 0) is 16.0 Å². The number of aryl methyl sites for hydroxylation is 1. The molecule has 2 amide bonds. The Morgan fingerprint density at radius 2 is 2.14 bits per heavy atom. The summed E-state index contributed by atoms with van der Waals surface area (Å²) in [6.07, 6.45) is 3.10. The molecule has 1 N–H and O–H groups in total. The number of para-hydroxylation sites is 1. The zero-order chi connectivity index (χ0) is 14.8. The number of nitrogens with zero attached hydrogens (tertiary/aromatic N) is 2. The van der Waals surface area contributed by atoms with Gasteiger partial charge < -0.3 is 14.8 Å². The first kappa shape index (κ1) is 13.7. The number of rotatable bonds is 4. The second kappa shape index (κ2) is 5.60. The number of hydrogen-bond acceptors (Lipinski definition) is 2. The van der Waals surface area contributed by atoms with Crippen LogP contribution in [-0.4, -0.2) is 46.4 Å². The Labute approximate surface area is 123 Å². The van der Waals surface area contributed by atoms with E-state index in [0.717, 1.165) is 16.5 Å². The highest BCUT2D eigenvalue weighted by atomic mass is 16.2. The molecule has 1 fully saturated rings. The summed E-state index contributed by atoms with van der Waals surface area (Å²) in [6, 6.07) is 8.07. The van der Waals surface area contributed by atoms with Crippen molar-refractivity contribution in [2.24, 2.45) is 0 Å². The number of likely N-dealkylation sites (N-methyl/N-ethyl adjacent to an activating group) is 1. The highest BCUT2D eigenvalue weighted by molar-refractivity contribution is 5.88. The Morgan fingerprint density at radius 1 is 1.33 bits per heavy atom. The Hall–Kier alpha value is -2.30. The summed E-state index contributed by atoms with van der Waals surface area (Å²) in [5.74, 6) is 0.0857. The van der Waals surface area contributed by atoms with Crippen LogP contribution in [0.25, 0.3) is 10.9 Å². The van der Waals surface area contributed by atoms with Crippen LogP contribution in [0.5, 0.6) is 0 Å². The smallest absolute Gasteiger partial charge is 0.243 e. The number of aromatic amines is 1. The molecule has 0 spiro atoms. The predicted molar refractivity (Wildman–Crippen MR) is 80.6 cm³/mol. The standard InChI is InChI=1S/C16H19N3O2/c1-2-18-11-19(10-16(18)21)15(20)8-7-12-9-17-14-6-4-3-5-13(12)14/h3-6,9,17H,2,7-8,10-11H2,1H3. The molecule has 0 unspecified atom stereocenters. The summed E-state index contributed by atoms with van der Waals surface area (Å²) >= 11 is 0. The molecule has 5 nitrogen and oxygen atoms in total. The average molecular weight is 285 g/mol. The minimum atomic E-state index is 0.0398. The molecule has 5 heteroatoms. The van der Waals surface area contributed by atoms with Crippen molar-refractivity contribution in [3.05, 3.63) is 36.0 Å². The number of carbonyl (C=O) groups excluding carboxylic acids is 2. The first-order valence-electron chi connectivity index (χ1n) is 7.29. The summed E-state index contributed by atoms with van der Waals surface area (Å²) < 4.78 is 0. The van der Waals surface area contributed by atoms with Crippen LogP contribution in [0.4, 0.5) is 0 Å². The van der Waals surface area contributed by atoms with Crippen LogP contribution in [0.3, 0.4) is 0 Å². The highest BCUT2D eigenvalue weighted by Crippen LogP contribution is 2.19. The van der Waals surface area contributed by atoms with Crippen molar-refractivity contribution in [3.63, 3.8) is 0 Å². The fourth-order valence-corrected chi connectivity index (χ4v) is 2.78. The molecule has 1 aromatic heterocycles. The third-order valence-corrected chi connectivity index (χ3v) is 4.04. The van der Waals surface area contributed by atoms with Crippen molar-refractivity contribution in [3.8, 4) is 0 Å². The van der Waals surface area contributed by atoms with Crippen molar-refractivity contribution in [1.82, 2.24) is 14.8 Å². The van der Waals surface area contributed by atoms with Crippen LogP contribution in [0, 0.1) is 0 Å². The number of amides is 2. The van der Waals surface area contributed by atoms with Gasteiger partial charge in [0, 0.05) is 30.1 Å². The van der Waals surface area contributed by atoms with Gasteiger partial charge in [-0.15, -0.1) is 0 Å². The molecule has 21 heavy (non-hydrogen) atoms. The van der Waals surface area contributed by atoms with Gasteiger partial charge in [0.2, 0.25) is 11.8 Å². The third-order valence-electron chi connectivity index (χ3n) is 4.04. The van der Waals surface area contributed by atoms with Crippen LogP contribution in [0.1, 0.15) is 18.9 Å². The van der Waals surface area contributed by atoms with Gasteiger partial charge in [0.15, 0.2) is 0 Å². The van der Waals surface area contributed by atoms with Gasteiger partial charge in [0.25, 0.3) is 0 Å². The van der Waals surface area contributed by atoms with E-state index in [1.165, 1.54) is 0 Å². The Kier molecular flexibility index (Phi) is 3.64. The lowest BCUT2D eigenvalue weighted by molar-refractivity contribution is -0.131. The van der Waals surface area contributed by atoms with E-state index < -0.39 is 0 Å². The van der Waals surface area contributed by atoms with E-state index in [9.17, 15) is 9.59 Å². The molecule has 1 saturated heterocycles. The van der Waals surface area contributed by atoms with Crippen molar-refractivity contribution in [2.75, 3.05) is 19.8 Å². The zero-order valence-electron chi connectivity index (χ0n) is 12.1. The molecule has 0 bridgehead atoms. The molecule has 0 saturated carbocycles. The molecule has 110 valence electrons. The molecule has 3 rings (SSSR count). The van der Waals surface area contributed by atoms with Gasteiger partial charge in [0.05, 0.1) is 6.67 Å². The molecule has 1 aromatic carbocycles. The van der Waals surface area contributed by atoms with Gasteiger partial charge in [-0.25, -0.2) is 0 Å². The maximum absolute atomic E-state index is 12.2. The van der Waals surface area contributed by atoms with Crippen molar-refractivity contribution in [2.45, 2.75) is 19.8 Å². The maximum Gasteiger partial charge on any atom is 0.243 e. The molecule has 2 aromatic rings. The Bertz CT molecular complexity index is 677. The quantitative estimate of drug-likeness (QED) is 0.930. The zero-order valence-corrected chi connectivity index (χ0v) is 12.1. The van der Waals surface area contributed by atoms with Crippen LogP contribution in [0.15, 0.2) is 30.5 Å². The maximum atomic E-state index is 12.2. The Balaban J connectivity index is 1.63. The number of carbonyl (C=O) groups is 2. The summed E-state index contributed by atoms with van der Waals surface area (Å²) in [7, 11) is 0. The van der Waals surface area contributed by atoms with E-state index in [0.29, 0.717) is 26.1 Å². The molecule has 1 aliphatic heterocycles. The summed E-state index contributed by atoms with van der Waals surface area (Å²) in [5.41, 5.74) is 2.24. The lowest BCUT2D eigenvalue weighted by Crippen LogP contribution is -2.31. The van der Waals surface area contributed by atoms with E-state index in [2.05, 4.69) is 11.1 Å². The van der Waals surface area contributed by atoms with Gasteiger partial charge in [-0.05, 0) is 25.0 Å². The monoisotopic (exact) mass is 285 g/mol. The average Bonchev–Trinajstić information content (AvgIpc) is 3.08. The van der Waals surface area contributed by atoms with E-state index in [1.807, 2.05) is 31.3 Å². The fraction of sp³-hybridized carbons (Fsp3) is 0.375. The molecular weight excluding hydrogens is 266 g/mol. The second-order valence-electron chi connectivity index (χ2n) is 5.34. The highest BCUT2D eigenvalue weighted by Gasteiger charge is 2.29. The van der Waals surface area contributed by atoms with E-state index in [-0.39, 0.29) is 18.4 Å². The van der Waals surface area contributed by atoms with E-state index in [1.54, 1.807) is 9.80 Å². The number of H-pyrrole nitrogens is 1. The normalized spacial score (nSPS) is 15.2. The van der Waals surface area contributed by atoms with E-state index >= 15 is 0 Å². The summed E-state index contributed by atoms with van der Waals surface area (Å²) in [5, 5.41) is 1.16. The lowest BCUT2D eigenvalue weighted by atomic mass is 10.1. The van der Waals surface area contributed by atoms with Gasteiger partial charge >= 0.3 is 0 Å². The first-order chi connectivity index (χ1) is 10.2. The second-order valence-corrected chi connectivity index (χ2v) is 5.34. The first-order valence-corrected chi connectivity index (χ1v) is 7.29. The third kappa shape index (κ3) is 2.63. The number of nitrogens with one attached hydrogen (secondary N) is 1. The molecular formula is C16H19N3O2. The van der Waals surface area contributed by atoms with Crippen molar-refractivity contribution >= 4 is 22.7 Å². The van der Waals surface area contributed by atoms with Crippen molar-refractivity contribution < 1.29 is 9.59 Å². The lowest BCUT2D eigenvalue weighted by Gasteiger charge is -2.16. The fourth-order valence-electron chi connectivity index (χ4n) is 2.78. The topological polar surface area (TPSA) is 56.4 Å². The summed E-state index contributed by atoms with van der Waals surface area (Å²) in [4.78, 5) is 30.4. The van der Waals surface area contributed by atoms with Crippen LogP contribution >= 0.6 is 0 Å². The van der Waals surface area contributed by atoms with Gasteiger partial charge in [-0.3, -0.25) is 9.59 Å². The van der Waals surface area contributed by atoms with Crippen molar-refractivity contribution in [1.29, 1.82) is 0 Å². The predicted octanol–water partition coefficient (Wildman–Crippen LogP) is 1.75. The minimum Gasteiger partial charge on any atom is -0.361 e. The number of hydrogen-bond donors (Lipinski definition) is 1. The molecule has 2 heterocycles. The molecule has 1 aliphatic rings. The number of aromatic nitrogens is 1. The van der Waals surface area contributed by atoms with E-state index in [4.69, 9.17) is 0 Å². The number of fused-ring (bicyclic) bond motifs is 1.